The van der Waals surface area contributed by atoms with Crippen molar-refractivity contribution < 1.29 is 18.0 Å². The lowest BCUT2D eigenvalue weighted by Gasteiger charge is -2.22. The number of benzene rings is 1. The molecule has 1 aromatic rings. The van der Waals surface area contributed by atoms with Gasteiger partial charge in [-0.25, -0.2) is 0 Å². The quantitative estimate of drug-likeness (QED) is 0.266. The molecule has 1 aliphatic rings. The smallest absolute Gasteiger partial charge is 0.399 e. The van der Waals surface area contributed by atoms with Gasteiger partial charge in [-0.05, 0) is 62.9 Å². The minimum Gasteiger partial charge on any atom is -0.399 e. The number of unbranched alkanes of at least 4 members (excludes halogenated alkanes) is 1. The summed E-state index contributed by atoms with van der Waals surface area (Å²) in [5.74, 6) is 0.880. The molecule has 0 bridgehead atoms. The standard InChI is InChI=1S/C10H20N2O.C7H6F3NS/c13-9-12-6-2-1-4-10-5-3-7-11-8-10;8-7(9,10)4-1-5(11)3-6(12)2-4/h9-11H,1-8H2,(H,12,13);1-3,12H,11H2. The first kappa shape index (κ1) is 21.6. The Labute approximate surface area is 152 Å². The van der Waals surface area contributed by atoms with E-state index in [0.717, 1.165) is 37.4 Å². The van der Waals surface area contributed by atoms with E-state index in [9.17, 15) is 18.0 Å². The number of hydrogen-bond donors (Lipinski definition) is 4. The van der Waals surface area contributed by atoms with Gasteiger partial charge in [-0.1, -0.05) is 6.42 Å². The number of halogens is 3. The molecule has 0 aromatic heterocycles. The van der Waals surface area contributed by atoms with Crippen LogP contribution in [0.1, 0.15) is 37.7 Å². The molecule has 4 N–H and O–H groups in total. The van der Waals surface area contributed by atoms with Gasteiger partial charge in [0, 0.05) is 17.1 Å². The van der Waals surface area contributed by atoms with Gasteiger partial charge < -0.3 is 16.4 Å². The molecule has 1 aromatic carbocycles. The third-order valence-corrected chi connectivity index (χ3v) is 4.19. The number of nitrogens with two attached hydrogens (primary N) is 1. The van der Waals surface area contributed by atoms with Crippen molar-refractivity contribution in [1.82, 2.24) is 10.6 Å². The maximum absolute atomic E-state index is 12.1. The largest absolute Gasteiger partial charge is 0.416 e. The van der Waals surface area contributed by atoms with Crippen LogP contribution in [0.4, 0.5) is 18.9 Å². The second-order valence-corrected chi connectivity index (χ2v) is 6.61. The molecule has 1 amide bonds. The van der Waals surface area contributed by atoms with Gasteiger partial charge in [0.25, 0.3) is 0 Å². The van der Waals surface area contributed by atoms with E-state index in [1.807, 2.05) is 0 Å². The number of amides is 1. The highest BCUT2D eigenvalue weighted by atomic mass is 32.1. The molecule has 1 fully saturated rings. The minimum absolute atomic E-state index is 0.0647. The Morgan fingerprint density at radius 1 is 1.32 bits per heavy atom. The van der Waals surface area contributed by atoms with Crippen molar-refractivity contribution >= 4 is 24.7 Å². The molecule has 1 atom stereocenters. The molecule has 0 aliphatic carbocycles. The van der Waals surface area contributed by atoms with E-state index in [2.05, 4.69) is 23.3 Å². The van der Waals surface area contributed by atoms with E-state index in [-0.39, 0.29) is 10.6 Å². The van der Waals surface area contributed by atoms with Crippen LogP contribution in [0.5, 0.6) is 0 Å². The highest BCUT2D eigenvalue weighted by Gasteiger charge is 2.30. The number of piperidine rings is 1. The number of anilines is 1. The van der Waals surface area contributed by atoms with Crippen molar-refractivity contribution in [3.63, 3.8) is 0 Å². The Balaban J connectivity index is 0.000000251. The Kier molecular flexibility index (Phi) is 9.74. The predicted molar refractivity (Wildman–Crippen MR) is 96.6 cm³/mol. The van der Waals surface area contributed by atoms with Crippen LogP contribution in [0.3, 0.4) is 0 Å². The van der Waals surface area contributed by atoms with E-state index < -0.39 is 11.7 Å². The van der Waals surface area contributed by atoms with Crippen LogP contribution in [0, 0.1) is 5.92 Å². The van der Waals surface area contributed by atoms with Crippen molar-refractivity contribution in [3.8, 4) is 0 Å². The number of thiol groups is 1. The number of hydrogen-bond acceptors (Lipinski definition) is 4. The Morgan fingerprint density at radius 3 is 2.64 bits per heavy atom. The van der Waals surface area contributed by atoms with Crippen LogP contribution in [-0.4, -0.2) is 26.0 Å². The molecule has 0 spiro atoms. The zero-order valence-electron chi connectivity index (χ0n) is 14.1. The molecular formula is C17H26F3N3OS. The van der Waals surface area contributed by atoms with Crippen molar-refractivity contribution in [3.05, 3.63) is 23.8 Å². The summed E-state index contributed by atoms with van der Waals surface area (Å²) in [6, 6.07) is 3.16. The van der Waals surface area contributed by atoms with Gasteiger partial charge in [0.1, 0.15) is 0 Å². The second-order valence-electron chi connectivity index (χ2n) is 6.09. The molecular weight excluding hydrogens is 351 g/mol. The molecule has 142 valence electrons. The van der Waals surface area contributed by atoms with Gasteiger partial charge in [-0.15, -0.1) is 12.6 Å². The van der Waals surface area contributed by atoms with Crippen LogP contribution < -0.4 is 16.4 Å². The number of rotatable bonds is 6. The first-order chi connectivity index (χ1) is 11.8. The van der Waals surface area contributed by atoms with E-state index in [1.54, 1.807) is 0 Å². The van der Waals surface area contributed by atoms with E-state index in [1.165, 1.54) is 44.8 Å². The average molecular weight is 377 g/mol. The Hall–Kier alpha value is -1.41. The number of carbonyl (C=O) groups excluding carboxylic acids is 1. The fourth-order valence-electron chi connectivity index (χ4n) is 2.69. The highest BCUT2D eigenvalue weighted by molar-refractivity contribution is 7.80. The molecule has 1 saturated heterocycles. The summed E-state index contributed by atoms with van der Waals surface area (Å²) in [6.45, 7) is 3.23. The minimum atomic E-state index is -4.35. The number of nitrogen functional groups attached to an aromatic ring is 1. The normalized spacial score (nSPS) is 17.4. The molecule has 0 radical (unpaired) electrons. The van der Waals surface area contributed by atoms with Gasteiger partial charge in [-0.3, -0.25) is 4.79 Å². The van der Waals surface area contributed by atoms with Gasteiger partial charge >= 0.3 is 6.18 Å². The molecule has 0 saturated carbocycles. The van der Waals surface area contributed by atoms with Crippen LogP contribution in [-0.2, 0) is 11.0 Å². The third kappa shape index (κ3) is 9.60. The number of alkyl halides is 3. The van der Waals surface area contributed by atoms with Crippen molar-refractivity contribution in [2.75, 3.05) is 25.4 Å². The van der Waals surface area contributed by atoms with E-state index >= 15 is 0 Å². The Morgan fingerprint density at radius 2 is 2.08 bits per heavy atom. The van der Waals surface area contributed by atoms with Crippen LogP contribution >= 0.6 is 12.6 Å². The lowest BCUT2D eigenvalue weighted by Crippen LogP contribution is -2.29. The first-order valence-corrected chi connectivity index (χ1v) is 8.82. The summed E-state index contributed by atoms with van der Waals surface area (Å²) in [4.78, 5) is 10.2. The molecule has 1 aliphatic heterocycles. The monoisotopic (exact) mass is 377 g/mol. The van der Waals surface area contributed by atoms with E-state index in [0.29, 0.717) is 0 Å². The number of nitrogens with one attached hydrogen (secondary N) is 2. The van der Waals surface area contributed by atoms with Gasteiger partial charge in [0.15, 0.2) is 0 Å². The summed E-state index contributed by atoms with van der Waals surface area (Å²) < 4.78 is 36.2. The molecule has 4 nitrogen and oxygen atoms in total. The maximum Gasteiger partial charge on any atom is 0.416 e. The second kappa shape index (κ2) is 11.3. The van der Waals surface area contributed by atoms with E-state index in [4.69, 9.17) is 5.73 Å². The summed E-state index contributed by atoms with van der Waals surface area (Å²) in [7, 11) is 0. The van der Waals surface area contributed by atoms with Gasteiger partial charge in [-0.2, -0.15) is 13.2 Å². The predicted octanol–water partition coefficient (Wildman–Crippen LogP) is 3.48. The first-order valence-electron chi connectivity index (χ1n) is 8.37. The maximum atomic E-state index is 12.1. The fraction of sp³-hybridized carbons (Fsp3) is 0.588. The number of carbonyl (C=O) groups is 1. The van der Waals surface area contributed by atoms with Crippen LogP contribution in [0.15, 0.2) is 23.1 Å². The van der Waals surface area contributed by atoms with Crippen molar-refractivity contribution in [2.45, 2.75) is 43.2 Å². The topological polar surface area (TPSA) is 67.2 Å². The molecule has 2 rings (SSSR count). The third-order valence-electron chi connectivity index (χ3n) is 3.93. The zero-order valence-corrected chi connectivity index (χ0v) is 15.0. The van der Waals surface area contributed by atoms with Crippen molar-refractivity contribution in [2.24, 2.45) is 5.92 Å². The fourth-order valence-corrected chi connectivity index (χ4v) is 2.98. The van der Waals surface area contributed by atoms with Gasteiger partial charge in [0.2, 0.25) is 6.41 Å². The molecule has 1 heterocycles. The lowest BCUT2D eigenvalue weighted by atomic mass is 9.94. The zero-order chi connectivity index (χ0) is 18.7. The molecule has 1 unspecified atom stereocenters. The molecule has 25 heavy (non-hydrogen) atoms. The Bertz CT molecular complexity index is 500. The summed E-state index contributed by atoms with van der Waals surface area (Å²) in [6.07, 6.45) is 2.82. The van der Waals surface area contributed by atoms with Crippen molar-refractivity contribution in [1.29, 1.82) is 0 Å². The van der Waals surface area contributed by atoms with Gasteiger partial charge in [0.05, 0.1) is 5.56 Å². The summed E-state index contributed by atoms with van der Waals surface area (Å²) in [5, 5.41) is 6.10. The summed E-state index contributed by atoms with van der Waals surface area (Å²) in [5.41, 5.74) is 4.50. The SMILES string of the molecule is Nc1cc(S)cc(C(F)(F)F)c1.O=CNCCCCC1CCCNC1. The lowest BCUT2D eigenvalue weighted by molar-refractivity contribution is -0.137. The summed E-state index contributed by atoms with van der Waals surface area (Å²) >= 11 is 3.78. The highest BCUT2D eigenvalue weighted by Crippen LogP contribution is 2.31. The average Bonchev–Trinajstić information content (AvgIpc) is 2.55. The molecule has 8 heteroatoms. The van der Waals surface area contributed by atoms with Crippen LogP contribution in [0.2, 0.25) is 0 Å². The van der Waals surface area contributed by atoms with Crippen LogP contribution in [0.25, 0.3) is 0 Å².